The second kappa shape index (κ2) is 40.4. The van der Waals surface area contributed by atoms with Gasteiger partial charge in [-0.05, 0) is 128 Å². The van der Waals surface area contributed by atoms with Gasteiger partial charge >= 0.3 is 11.9 Å². The summed E-state index contributed by atoms with van der Waals surface area (Å²) in [5.74, 6) is -0.0501. The summed E-state index contributed by atoms with van der Waals surface area (Å²) in [7, 11) is 4.12. The van der Waals surface area contributed by atoms with E-state index in [0.717, 1.165) is 58.3 Å². The molecule has 0 heterocycles. The van der Waals surface area contributed by atoms with Crippen LogP contribution in [0.4, 0.5) is 0 Å². The first-order valence-corrected chi connectivity index (χ1v) is 25.2. The van der Waals surface area contributed by atoms with Crippen LogP contribution in [-0.2, 0) is 23.8 Å². The Morgan fingerprint density at radius 1 is 0.458 bits per heavy atom. The van der Waals surface area contributed by atoms with Crippen molar-refractivity contribution in [1.29, 1.82) is 0 Å². The molecule has 0 aliphatic heterocycles. The second-order valence-electron chi connectivity index (χ2n) is 20.4. The largest absolute Gasteiger partial charge is 0.465 e. The summed E-state index contributed by atoms with van der Waals surface area (Å²) in [5.41, 5.74) is 0.321. The van der Waals surface area contributed by atoms with Crippen molar-refractivity contribution in [2.45, 2.75) is 253 Å². The van der Waals surface area contributed by atoms with E-state index in [4.69, 9.17) is 14.2 Å². The van der Waals surface area contributed by atoms with E-state index in [-0.39, 0.29) is 28.9 Å². The van der Waals surface area contributed by atoms with Crippen LogP contribution in [0.2, 0.25) is 0 Å². The minimum atomic E-state index is -0.0470. The fraction of sp³-hybridized carbons (Fsp3) is 0.887. The van der Waals surface area contributed by atoms with E-state index >= 15 is 0 Å². The van der Waals surface area contributed by atoms with Crippen LogP contribution in [-0.4, -0.2) is 63.4 Å². The van der Waals surface area contributed by atoms with E-state index in [2.05, 4.69) is 84.8 Å². The Balaban J connectivity index is 3.90. The van der Waals surface area contributed by atoms with E-state index in [1.807, 2.05) is 0 Å². The van der Waals surface area contributed by atoms with E-state index in [0.29, 0.717) is 19.4 Å². The van der Waals surface area contributed by atoms with Crippen molar-refractivity contribution >= 4 is 11.9 Å². The van der Waals surface area contributed by atoms with Gasteiger partial charge in [0.2, 0.25) is 0 Å². The molecule has 0 N–H and O–H groups in total. The van der Waals surface area contributed by atoms with Gasteiger partial charge < -0.3 is 19.1 Å². The molecule has 0 saturated heterocycles. The van der Waals surface area contributed by atoms with Crippen LogP contribution in [0.5, 0.6) is 0 Å². The lowest BCUT2D eigenvalue weighted by Gasteiger charge is -2.18. The first kappa shape index (κ1) is 57.3. The third-order valence-corrected chi connectivity index (χ3v) is 10.8. The van der Waals surface area contributed by atoms with Gasteiger partial charge in [0, 0.05) is 19.4 Å². The number of carbonyl (C=O) groups excluding carboxylic acids is 2. The summed E-state index contributed by atoms with van der Waals surface area (Å²) in [6, 6.07) is 0. The number of hydrogen-bond acceptors (Lipinski definition) is 6. The number of rotatable bonds is 42. The van der Waals surface area contributed by atoms with Gasteiger partial charge in [-0.3, -0.25) is 9.59 Å². The number of esters is 2. The van der Waals surface area contributed by atoms with Crippen molar-refractivity contribution in [2.75, 3.05) is 40.5 Å². The maximum absolute atomic E-state index is 12.6. The summed E-state index contributed by atoms with van der Waals surface area (Å²) >= 11 is 0. The highest BCUT2D eigenvalue weighted by Gasteiger charge is 2.15. The van der Waals surface area contributed by atoms with Gasteiger partial charge in [-0.2, -0.15) is 0 Å². The lowest BCUT2D eigenvalue weighted by atomic mass is 9.99. The van der Waals surface area contributed by atoms with Gasteiger partial charge in [0.15, 0.2) is 0 Å². The molecule has 0 aromatic carbocycles. The SMILES string of the molecule is CN(C)CCCC(=O)OC(CCCCCCCC/C=C\CCCCCCCCOCC(C)(C)C)CCCCCCCC/C=C\CCCCCCCC(=O)OCC(C)(C)C. The Labute approximate surface area is 368 Å². The van der Waals surface area contributed by atoms with Gasteiger partial charge in [-0.1, -0.05) is 162 Å². The fourth-order valence-electron chi connectivity index (χ4n) is 7.18. The minimum Gasteiger partial charge on any atom is -0.465 e. The molecule has 348 valence electrons. The molecule has 0 radical (unpaired) electrons. The Bertz CT molecular complexity index is 991. The van der Waals surface area contributed by atoms with Crippen LogP contribution < -0.4 is 0 Å². The van der Waals surface area contributed by atoms with Crippen LogP contribution in [0, 0.1) is 10.8 Å². The average Bonchev–Trinajstić information content (AvgIpc) is 3.16. The molecule has 0 bridgehead atoms. The number of nitrogens with zero attached hydrogens (tertiary/aromatic N) is 1. The molecule has 1 atom stereocenters. The number of unbranched alkanes of at least 4 members (excludes halogenated alkanes) is 23. The molecule has 0 amide bonds. The van der Waals surface area contributed by atoms with E-state index in [9.17, 15) is 9.59 Å². The maximum Gasteiger partial charge on any atom is 0.306 e. The fourth-order valence-corrected chi connectivity index (χ4v) is 7.18. The van der Waals surface area contributed by atoms with E-state index < -0.39 is 0 Å². The van der Waals surface area contributed by atoms with Crippen LogP contribution >= 0.6 is 0 Å². The van der Waals surface area contributed by atoms with Crippen molar-refractivity contribution in [2.24, 2.45) is 10.8 Å². The Morgan fingerprint density at radius 3 is 1.25 bits per heavy atom. The van der Waals surface area contributed by atoms with E-state index in [1.165, 1.54) is 154 Å². The molecule has 0 aromatic heterocycles. The zero-order valence-corrected chi connectivity index (χ0v) is 40.8. The summed E-state index contributed by atoms with van der Waals surface area (Å²) in [6.07, 6.45) is 47.4. The Kier molecular flexibility index (Phi) is 39.3. The van der Waals surface area contributed by atoms with Gasteiger partial charge in [0.25, 0.3) is 0 Å². The lowest BCUT2D eigenvalue weighted by Crippen LogP contribution is -2.20. The van der Waals surface area contributed by atoms with Crippen LogP contribution in [0.3, 0.4) is 0 Å². The quantitative estimate of drug-likeness (QED) is 0.0347. The molecule has 0 aliphatic carbocycles. The molecule has 0 fully saturated rings. The molecule has 0 aromatic rings. The number of carbonyl (C=O) groups is 2. The molecule has 1 unspecified atom stereocenters. The molecular weight excluding hydrogens is 731 g/mol. The number of allylic oxidation sites excluding steroid dienone is 4. The highest BCUT2D eigenvalue weighted by Crippen LogP contribution is 2.19. The van der Waals surface area contributed by atoms with Crippen molar-refractivity contribution in [3.63, 3.8) is 0 Å². The molecule has 6 nitrogen and oxygen atoms in total. The lowest BCUT2D eigenvalue weighted by molar-refractivity contribution is -0.150. The molecule has 0 rings (SSSR count). The number of ether oxygens (including phenoxy) is 3. The van der Waals surface area contributed by atoms with Gasteiger partial charge in [-0.25, -0.2) is 0 Å². The molecule has 0 aliphatic rings. The van der Waals surface area contributed by atoms with Crippen LogP contribution in [0.1, 0.15) is 247 Å². The van der Waals surface area contributed by atoms with E-state index in [1.54, 1.807) is 0 Å². The summed E-state index contributed by atoms with van der Waals surface area (Å²) in [6.45, 7) is 16.2. The zero-order chi connectivity index (χ0) is 43.7. The smallest absolute Gasteiger partial charge is 0.306 e. The molecule has 0 spiro atoms. The van der Waals surface area contributed by atoms with Crippen LogP contribution in [0.25, 0.3) is 0 Å². The Hall–Kier alpha value is -1.66. The van der Waals surface area contributed by atoms with Gasteiger partial charge in [0.1, 0.15) is 6.10 Å². The third kappa shape index (κ3) is 48.9. The predicted octanol–water partition coefficient (Wildman–Crippen LogP) is 15.7. The van der Waals surface area contributed by atoms with Gasteiger partial charge in [-0.15, -0.1) is 0 Å². The minimum absolute atomic E-state index is 0.00306. The monoisotopic (exact) mass is 832 g/mol. The summed E-state index contributed by atoms with van der Waals surface area (Å²) < 4.78 is 17.2. The first-order valence-electron chi connectivity index (χ1n) is 25.2. The van der Waals surface area contributed by atoms with Crippen molar-refractivity contribution < 1.29 is 23.8 Å². The molecule has 6 heteroatoms. The van der Waals surface area contributed by atoms with Crippen molar-refractivity contribution in [1.82, 2.24) is 4.90 Å². The van der Waals surface area contributed by atoms with Crippen molar-refractivity contribution in [3.05, 3.63) is 24.3 Å². The summed E-state index contributed by atoms with van der Waals surface area (Å²) in [4.78, 5) is 26.6. The normalized spacial score (nSPS) is 13.0. The third-order valence-electron chi connectivity index (χ3n) is 10.8. The topological polar surface area (TPSA) is 65.1 Å². The Morgan fingerprint density at radius 2 is 0.831 bits per heavy atom. The highest BCUT2D eigenvalue weighted by molar-refractivity contribution is 5.69. The van der Waals surface area contributed by atoms with Crippen molar-refractivity contribution in [3.8, 4) is 0 Å². The standard InChI is InChI=1S/C53H101NO5/c1-52(2,3)47-57-46-39-35-31-27-23-19-15-10-9-12-16-20-24-28-32-36-41-49(59-51(56)44-40-45-54(7)8)42-37-33-29-25-21-17-13-11-14-18-22-26-30-34-38-43-50(55)58-48-53(4,5)6/h9-11,14,49H,12-13,15-48H2,1-8H3/b10-9-,14-11-. The first-order chi connectivity index (χ1) is 28.3. The predicted molar refractivity (Wildman–Crippen MR) is 255 cm³/mol. The van der Waals surface area contributed by atoms with Gasteiger partial charge in [0.05, 0.1) is 13.2 Å². The molecular formula is C53H101NO5. The zero-order valence-electron chi connectivity index (χ0n) is 40.8. The number of hydrogen-bond donors (Lipinski definition) is 0. The summed E-state index contributed by atoms with van der Waals surface area (Å²) in [5, 5.41) is 0. The highest BCUT2D eigenvalue weighted by atomic mass is 16.5. The molecule has 59 heavy (non-hydrogen) atoms. The second-order valence-corrected chi connectivity index (χ2v) is 20.4. The average molecular weight is 832 g/mol. The maximum atomic E-state index is 12.6. The molecule has 0 saturated carbocycles. The van der Waals surface area contributed by atoms with Crippen LogP contribution in [0.15, 0.2) is 24.3 Å².